The van der Waals surface area contributed by atoms with E-state index in [4.69, 9.17) is 14.2 Å². The summed E-state index contributed by atoms with van der Waals surface area (Å²) < 4.78 is 16.0. The van der Waals surface area contributed by atoms with Crippen LogP contribution in [0.4, 0.5) is 0 Å². The van der Waals surface area contributed by atoms with Crippen molar-refractivity contribution >= 4 is 5.97 Å². The van der Waals surface area contributed by atoms with E-state index < -0.39 is 17.6 Å². The Morgan fingerprint density at radius 3 is 2.44 bits per heavy atom. The van der Waals surface area contributed by atoms with Crippen LogP contribution in [0.5, 0.6) is 0 Å². The molecular weight excluding hydrogens is 236 g/mol. The van der Waals surface area contributed by atoms with Crippen molar-refractivity contribution in [3.8, 4) is 0 Å². The standard InChI is InChI=1S/C13H24O5/c1-6-9-10(14)11(8(2)18-9)16-7-17-12(15)13(3,4)5/h8-11,14H,6-7H2,1-5H3/t8-,9+,10?,11+/m0/s1. The van der Waals surface area contributed by atoms with E-state index in [1.54, 1.807) is 20.8 Å². The van der Waals surface area contributed by atoms with Gasteiger partial charge in [0, 0.05) is 0 Å². The number of carbonyl (C=O) groups excluding carboxylic acids is 1. The number of hydrogen-bond acceptors (Lipinski definition) is 5. The Bertz CT molecular complexity index is 284. The van der Waals surface area contributed by atoms with E-state index >= 15 is 0 Å². The molecular formula is C13H24O5. The van der Waals surface area contributed by atoms with E-state index in [1.165, 1.54) is 0 Å². The van der Waals surface area contributed by atoms with Gasteiger partial charge in [0.1, 0.15) is 12.2 Å². The molecule has 0 amide bonds. The first-order valence-electron chi connectivity index (χ1n) is 6.39. The Labute approximate surface area is 108 Å². The van der Waals surface area contributed by atoms with Crippen molar-refractivity contribution in [2.75, 3.05) is 6.79 Å². The van der Waals surface area contributed by atoms with Gasteiger partial charge < -0.3 is 19.3 Å². The van der Waals surface area contributed by atoms with Crippen LogP contribution in [0, 0.1) is 5.41 Å². The topological polar surface area (TPSA) is 65.0 Å². The maximum Gasteiger partial charge on any atom is 0.313 e. The lowest BCUT2D eigenvalue weighted by Crippen LogP contribution is -2.35. The number of hydrogen-bond donors (Lipinski definition) is 1. The molecule has 1 unspecified atom stereocenters. The molecule has 1 heterocycles. The minimum atomic E-state index is -0.668. The Balaban J connectivity index is 2.38. The maximum atomic E-state index is 11.5. The Morgan fingerprint density at radius 1 is 1.39 bits per heavy atom. The molecule has 0 aromatic heterocycles. The van der Waals surface area contributed by atoms with Gasteiger partial charge in [-0.2, -0.15) is 0 Å². The summed E-state index contributed by atoms with van der Waals surface area (Å²) in [7, 11) is 0. The quantitative estimate of drug-likeness (QED) is 0.612. The SMILES string of the molecule is CC[C@H]1O[C@@H](C)[C@@H](OCOC(=O)C(C)(C)C)C1O. The summed E-state index contributed by atoms with van der Waals surface area (Å²) in [6.07, 6.45) is -0.782. The van der Waals surface area contributed by atoms with Crippen LogP contribution in [-0.4, -0.2) is 42.3 Å². The molecule has 106 valence electrons. The van der Waals surface area contributed by atoms with Gasteiger partial charge in [0.25, 0.3) is 0 Å². The summed E-state index contributed by atoms with van der Waals surface area (Å²) in [5, 5.41) is 9.95. The lowest BCUT2D eigenvalue weighted by Gasteiger charge is -2.21. The highest BCUT2D eigenvalue weighted by Gasteiger charge is 2.41. The molecule has 18 heavy (non-hydrogen) atoms. The largest absolute Gasteiger partial charge is 0.438 e. The summed E-state index contributed by atoms with van der Waals surface area (Å²) >= 11 is 0. The van der Waals surface area contributed by atoms with E-state index in [9.17, 15) is 9.90 Å². The van der Waals surface area contributed by atoms with Crippen LogP contribution in [-0.2, 0) is 19.0 Å². The normalized spacial score (nSPS) is 32.6. The number of rotatable bonds is 4. The van der Waals surface area contributed by atoms with Crippen molar-refractivity contribution in [2.24, 2.45) is 5.41 Å². The van der Waals surface area contributed by atoms with Gasteiger partial charge in [-0.1, -0.05) is 6.92 Å². The second kappa shape index (κ2) is 5.99. The van der Waals surface area contributed by atoms with Crippen molar-refractivity contribution in [1.29, 1.82) is 0 Å². The number of esters is 1. The minimum Gasteiger partial charge on any atom is -0.438 e. The average molecular weight is 260 g/mol. The number of aliphatic hydroxyl groups excluding tert-OH is 1. The van der Waals surface area contributed by atoms with Gasteiger partial charge in [-0.3, -0.25) is 4.79 Å². The molecule has 0 aromatic carbocycles. The predicted octanol–water partition coefficient (Wildman–Crippen LogP) is 1.48. The van der Waals surface area contributed by atoms with E-state index in [0.717, 1.165) is 6.42 Å². The van der Waals surface area contributed by atoms with Gasteiger partial charge in [-0.25, -0.2) is 0 Å². The molecule has 0 spiro atoms. The van der Waals surface area contributed by atoms with E-state index in [2.05, 4.69) is 0 Å². The zero-order chi connectivity index (χ0) is 13.9. The first kappa shape index (κ1) is 15.4. The summed E-state index contributed by atoms with van der Waals surface area (Å²) in [6, 6.07) is 0. The third-order valence-corrected chi connectivity index (χ3v) is 3.03. The smallest absolute Gasteiger partial charge is 0.313 e. The van der Waals surface area contributed by atoms with Gasteiger partial charge in [0.05, 0.1) is 17.6 Å². The fourth-order valence-corrected chi connectivity index (χ4v) is 1.88. The summed E-state index contributed by atoms with van der Waals surface area (Å²) in [5.41, 5.74) is -0.550. The molecule has 1 aliphatic heterocycles. The van der Waals surface area contributed by atoms with Crippen molar-refractivity contribution in [2.45, 2.75) is 65.5 Å². The average Bonchev–Trinajstić information content (AvgIpc) is 2.54. The van der Waals surface area contributed by atoms with Gasteiger partial charge in [0.15, 0.2) is 6.79 Å². The number of ether oxygens (including phenoxy) is 3. The fraction of sp³-hybridized carbons (Fsp3) is 0.923. The number of carbonyl (C=O) groups is 1. The van der Waals surface area contributed by atoms with Crippen molar-refractivity contribution in [3.63, 3.8) is 0 Å². The van der Waals surface area contributed by atoms with Crippen molar-refractivity contribution in [3.05, 3.63) is 0 Å². The van der Waals surface area contributed by atoms with Gasteiger partial charge >= 0.3 is 5.97 Å². The predicted molar refractivity (Wildman–Crippen MR) is 65.9 cm³/mol. The zero-order valence-electron chi connectivity index (χ0n) is 11.8. The highest BCUT2D eigenvalue weighted by Crippen LogP contribution is 2.25. The molecule has 0 saturated carbocycles. The molecule has 1 fully saturated rings. The third kappa shape index (κ3) is 3.67. The van der Waals surface area contributed by atoms with Crippen molar-refractivity contribution in [1.82, 2.24) is 0 Å². The second-order valence-electron chi connectivity index (χ2n) is 5.71. The summed E-state index contributed by atoms with van der Waals surface area (Å²) in [6.45, 7) is 8.97. The highest BCUT2D eigenvalue weighted by molar-refractivity contribution is 5.75. The molecule has 0 radical (unpaired) electrons. The van der Waals surface area contributed by atoms with Crippen LogP contribution < -0.4 is 0 Å². The molecule has 5 nitrogen and oxygen atoms in total. The zero-order valence-corrected chi connectivity index (χ0v) is 11.8. The molecule has 1 saturated heterocycles. The first-order valence-corrected chi connectivity index (χ1v) is 6.39. The Hall–Kier alpha value is -0.650. The minimum absolute atomic E-state index is 0.151. The Kier molecular flexibility index (Phi) is 5.13. The van der Waals surface area contributed by atoms with E-state index in [1.807, 2.05) is 13.8 Å². The molecule has 5 heteroatoms. The summed E-state index contributed by atoms with van der Waals surface area (Å²) in [4.78, 5) is 11.5. The van der Waals surface area contributed by atoms with Crippen LogP contribution in [0.1, 0.15) is 41.0 Å². The van der Waals surface area contributed by atoms with Crippen molar-refractivity contribution < 1.29 is 24.1 Å². The lowest BCUT2D eigenvalue weighted by atomic mass is 9.98. The van der Waals surface area contributed by atoms with Gasteiger partial charge in [-0.15, -0.1) is 0 Å². The molecule has 4 atom stereocenters. The van der Waals surface area contributed by atoms with Gasteiger partial charge in [-0.05, 0) is 34.1 Å². The van der Waals surface area contributed by atoms with E-state index in [0.29, 0.717) is 0 Å². The highest BCUT2D eigenvalue weighted by atomic mass is 16.7. The second-order valence-corrected chi connectivity index (χ2v) is 5.71. The van der Waals surface area contributed by atoms with Crippen LogP contribution in [0.2, 0.25) is 0 Å². The Morgan fingerprint density at radius 2 is 2.00 bits per heavy atom. The molecule has 1 aliphatic rings. The monoisotopic (exact) mass is 260 g/mol. The van der Waals surface area contributed by atoms with E-state index in [-0.39, 0.29) is 25.0 Å². The van der Waals surface area contributed by atoms with Crippen LogP contribution in [0.15, 0.2) is 0 Å². The van der Waals surface area contributed by atoms with Crippen LogP contribution in [0.3, 0.4) is 0 Å². The number of aliphatic hydroxyl groups is 1. The van der Waals surface area contributed by atoms with Gasteiger partial charge in [0.2, 0.25) is 0 Å². The maximum absolute atomic E-state index is 11.5. The molecule has 1 rings (SSSR count). The third-order valence-electron chi connectivity index (χ3n) is 3.03. The van der Waals surface area contributed by atoms with Crippen LogP contribution in [0.25, 0.3) is 0 Å². The molecule has 0 aromatic rings. The first-order chi connectivity index (χ1) is 8.27. The molecule has 0 aliphatic carbocycles. The lowest BCUT2D eigenvalue weighted by molar-refractivity contribution is -0.175. The molecule has 1 N–H and O–H groups in total. The summed E-state index contributed by atoms with van der Waals surface area (Å²) in [5.74, 6) is -0.324. The molecule has 0 bridgehead atoms. The van der Waals surface area contributed by atoms with Crippen LogP contribution >= 0.6 is 0 Å². The fourth-order valence-electron chi connectivity index (χ4n) is 1.88.